The third-order valence-corrected chi connectivity index (χ3v) is 0. The summed E-state index contributed by atoms with van der Waals surface area (Å²) < 4.78 is 0. The molecular weight excluding hydrogens is 134 g/mol. The van der Waals surface area contributed by atoms with E-state index in [1.165, 1.54) is 0 Å². The van der Waals surface area contributed by atoms with Crippen LogP contribution in [0.1, 0.15) is 5.71 Å². The molecule has 0 aromatic carbocycles. The molecule has 0 saturated heterocycles. The first-order valence-corrected chi connectivity index (χ1v) is 0. The van der Waals surface area contributed by atoms with Crippen molar-refractivity contribution in [2.45, 2.75) is 0 Å². The van der Waals surface area contributed by atoms with E-state index in [1.807, 2.05) is 0 Å². The molecule has 0 amide bonds. The second kappa shape index (κ2) is 16.0. The molecule has 0 aliphatic heterocycles. The van der Waals surface area contributed by atoms with Crippen molar-refractivity contribution in [3.8, 4) is 0 Å². The Kier molecular flexibility index (Phi) is 102. The Bertz CT molecular complexity index is 12.0. The van der Waals surface area contributed by atoms with Gasteiger partial charge in [0.15, 0.2) is 34.7 Å². The molecular formula is H10Al2Ca2. The largest absolute Gasteiger partial charge is 2.00 e. The molecule has 0 spiro atoms. The molecule has 0 rings (SSSR count). The van der Waals surface area contributed by atoms with Crippen LogP contribution in [0.2, 0.25) is 0 Å². The molecule has 0 radical (unpaired) electrons. The van der Waals surface area contributed by atoms with Crippen LogP contribution >= 0.6 is 0 Å². The molecule has 0 aromatic heterocycles. The second-order valence-electron chi connectivity index (χ2n) is 0. The van der Waals surface area contributed by atoms with Crippen molar-refractivity contribution in [1.82, 2.24) is 0 Å². The van der Waals surface area contributed by atoms with Crippen molar-refractivity contribution < 1.29 is 5.71 Å². The van der Waals surface area contributed by atoms with Crippen LogP contribution < -0.4 is 0 Å². The summed E-state index contributed by atoms with van der Waals surface area (Å²) >= 11 is 0. The fraction of sp³-hybridized carbons (Fsp3) is 0. The van der Waals surface area contributed by atoms with Crippen molar-refractivity contribution in [3.63, 3.8) is 0 Å². The van der Waals surface area contributed by atoms with E-state index < -0.39 is 0 Å². The minimum absolute atomic E-state index is 0. The maximum Gasteiger partial charge on any atom is 2.00 e. The van der Waals surface area contributed by atoms with Crippen LogP contribution in [0.4, 0.5) is 0 Å². The van der Waals surface area contributed by atoms with Gasteiger partial charge in [0.2, 0.25) is 0 Å². The predicted octanol–water partition coefficient (Wildman–Crippen LogP) is -2.68. The van der Waals surface area contributed by atoms with Gasteiger partial charge < -0.3 is 5.71 Å². The quantitative estimate of drug-likeness (QED) is 0.325. The van der Waals surface area contributed by atoms with Crippen LogP contribution in [0.3, 0.4) is 0 Å². The Morgan fingerprint density at radius 1 is 0.750 bits per heavy atom. The zero-order valence-electron chi connectivity index (χ0n) is 5.41. The zero-order chi connectivity index (χ0) is 0. The molecule has 0 saturated carbocycles. The fourth-order valence-corrected chi connectivity index (χ4v) is 0. The predicted molar refractivity (Wildman–Crippen MR) is 35.8 cm³/mol. The van der Waals surface area contributed by atoms with E-state index in [0.717, 1.165) is 0 Å². The van der Waals surface area contributed by atoms with E-state index in [2.05, 4.69) is 0 Å². The standard InChI is InChI=1S/2Al.2Ca.10H/q;;2*+2;;;;;;;4*-1. The molecule has 0 unspecified atom stereocenters. The average molecular weight is 144 g/mol. The molecule has 0 atom stereocenters. The van der Waals surface area contributed by atoms with Gasteiger partial charge in [-0.05, 0) is 0 Å². The van der Waals surface area contributed by atoms with Gasteiger partial charge in [0.05, 0.1) is 0 Å². The van der Waals surface area contributed by atoms with Crippen molar-refractivity contribution in [3.05, 3.63) is 0 Å². The molecule has 0 aliphatic rings. The van der Waals surface area contributed by atoms with E-state index >= 15 is 0 Å². The third kappa shape index (κ3) is 9.14. The first-order valence-electron chi connectivity index (χ1n) is 0. The number of hydrogen-bond acceptors (Lipinski definition) is 0. The van der Waals surface area contributed by atoms with Crippen molar-refractivity contribution in [2.24, 2.45) is 0 Å². The van der Waals surface area contributed by atoms with Gasteiger partial charge in [0.1, 0.15) is 0 Å². The van der Waals surface area contributed by atoms with Crippen LogP contribution in [0.25, 0.3) is 0 Å². The average Bonchev–Trinajstić information content (AvgIpc) is 0. The maximum atomic E-state index is 0. The Balaban J connectivity index is 0. The zero-order valence-corrected chi connectivity index (χ0v) is 5.83. The fourth-order valence-electron chi connectivity index (χ4n) is 0. The van der Waals surface area contributed by atoms with E-state index in [9.17, 15) is 0 Å². The van der Waals surface area contributed by atoms with Crippen LogP contribution in [-0.4, -0.2) is 110 Å². The maximum absolute atomic E-state index is 0. The summed E-state index contributed by atoms with van der Waals surface area (Å²) in [6.45, 7) is 0. The van der Waals surface area contributed by atoms with E-state index in [0.29, 0.717) is 0 Å². The van der Waals surface area contributed by atoms with E-state index in [1.54, 1.807) is 0 Å². The summed E-state index contributed by atoms with van der Waals surface area (Å²) in [7, 11) is 0. The molecule has 0 aromatic rings. The van der Waals surface area contributed by atoms with Gasteiger partial charge in [-0.2, -0.15) is 0 Å². The monoisotopic (exact) mass is 144 g/mol. The van der Waals surface area contributed by atoms with Crippen LogP contribution in [0.5, 0.6) is 0 Å². The van der Waals surface area contributed by atoms with E-state index in [-0.39, 0.29) is 116 Å². The molecule has 20 valence electrons. The molecule has 0 bridgehead atoms. The Morgan fingerprint density at radius 3 is 0.750 bits per heavy atom. The molecule has 0 N–H and O–H groups in total. The Hall–Kier alpha value is 3.58. The second-order valence-corrected chi connectivity index (χ2v) is 0. The van der Waals surface area contributed by atoms with Crippen LogP contribution in [0, 0.1) is 0 Å². The number of hydrogen-bond donors (Lipinski definition) is 0. The first-order chi connectivity index (χ1) is 0. The normalized spacial score (nSPS) is 0. The summed E-state index contributed by atoms with van der Waals surface area (Å²) in [5.41, 5.74) is 0. The van der Waals surface area contributed by atoms with Crippen molar-refractivity contribution in [2.75, 3.05) is 0 Å². The summed E-state index contributed by atoms with van der Waals surface area (Å²) in [6, 6.07) is 0. The smallest absolute Gasteiger partial charge is 1.00 e. The third-order valence-electron chi connectivity index (χ3n) is 0. The van der Waals surface area contributed by atoms with Crippen LogP contribution in [-0.2, 0) is 0 Å². The van der Waals surface area contributed by atoms with Gasteiger partial charge in [0.25, 0.3) is 0 Å². The first kappa shape index (κ1) is 25.6. The summed E-state index contributed by atoms with van der Waals surface area (Å²) in [4.78, 5) is 0. The van der Waals surface area contributed by atoms with Gasteiger partial charge >= 0.3 is 75.5 Å². The van der Waals surface area contributed by atoms with Gasteiger partial charge in [-0.1, -0.05) is 0 Å². The molecule has 0 fully saturated rings. The molecule has 0 aliphatic carbocycles. The van der Waals surface area contributed by atoms with Crippen LogP contribution in [0.15, 0.2) is 0 Å². The summed E-state index contributed by atoms with van der Waals surface area (Å²) in [5, 5.41) is 0. The molecule has 0 nitrogen and oxygen atoms in total. The topological polar surface area (TPSA) is 0 Å². The SMILES string of the molecule is [AlH3].[AlH3].[Ca+2].[Ca+2].[H-].[H-].[H-].[H-]. The summed E-state index contributed by atoms with van der Waals surface area (Å²) in [6.07, 6.45) is 0. The van der Waals surface area contributed by atoms with Gasteiger partial charge in [-0.3, -0.25) is 0 Å². The van der Waals surface area contributed by atoms with Gasteiger partial charge in [-0.15, -0.1) is 0 Å². The van der Waals surface area contributed by atoms with Crippen molar-refractivity contribution in [1.29, 1.82) is 0 Å². The van der Waals surface area contributed by atoms with Gasteiger partial charge in [-0.25, -0.2) is 0 Å². The molecule has 0 heterocycles. The van der Waals surface area contributed by atoms with E-state index in [4.69, 9.17) is 0 Å². The number of rotatable bonds is 0. The minimum atomic E-state index is 0. The minimum Gasteiger partial charge on any atom is -1.00 e. The summed E-state index contributed by atoms with van der Waals surface area (Å²) in [5.74, 6) is 0. The van der Waals surface area contributed by atoms with Crippen molar-refractivity contribution >= 4 is 110 Å². The van der Waals surface area contributed by atoms with Gasteiger partial charge in [0, 0.05) is 0 Å². The Labute approximate surface area is 113 Å². The Morgan fingerprint density at radius 2 is 0.750 bits per heavy atom. The molecule has 4 heavy (non-hydrogen) atoms. The molecule has 4 heteroatoms.